The van der Waals surface area contributed by atoms with Crippen LogP contribution in [-0.2, 0) is 0 Å². The van der Waals surface area contributed by atoms with Crippen molar-refractivity contribution in [3.63, 3.8) is 0 Å². The summed E-state index contributed by atoms with van der Waals surface area (Å²) in [4.78, 5) is 0. The molecule has 2 nitrogen and oxygen atoms in total. The van der Waals surface area contributed by atoms with Crippen molar-refractivity contribution >= 4 is 5.69 Å². The molecule has 0 radical (unpaired) electrons. The van der Waals surface area contributed by atoms with Gasteiger partial charge < -0.3 is 11.1 Å². The zero-order valence-electron chi connectivity index (χ0n) is 7.39. The maximum absolute atomic E-state index is 13.1. The van der Waals surface area contributed by atoms with Crippen LogP contribution in [0.15, 0.2) is 18.2 Å². The fourth-order valence-corrected chi connectivity index (χ4v) is 1.81. The number of hydrogen-bond acceptors (Lipinski definition) is 2. The SMILES string of the molecule is Nc1c(F)cccc1[C@H]1CCCN1. The molecule has 70 valence electrons. The van der Waals surface area contributed by atoms with Gasteiger partial charge in [0.1, 0.15) is 5.82 Å². The average Bonchev–Trinajstić information content (AvgIpc) is 2.62. The van der Waals surface area contributed by atoms with Crippen molar-refractivity contribution in [2.45, 2.75) is 18.9 Å². The number of benzene rings is 1. The van der Waals surface area contributed by atoms with Gasteiger partial charge in [0.05, 0.1) is 5.69 Å². The second kappa shape index (κ2) is 3.34. The lowest BCUT2D eigenvalue weighted by atomic mass is 10.0. The summed E-state index contributed by atoms with van der Waals surface area (Å²) in [6, 6.07) is 5.24. The van der Waals surface area contributed by atoms with E-state index in [1.54, 1.807) is 6.07 Å². The highest BCUT2D eigenvalue weighted by Gasteiger charge is 2.19. The van der Waals surface area contributed by atoms with Gasteiger partial charge in [0.15, 0.2) is 0 Å². The van der Waals surface area contributed by atoms with E-state index in [0.717, 1.165) is 24.9 Å². The monoisotopic (exact) mass is 180 g/mol. The van der Waals surface area contributed by atoms with Crippen LogP contribution >= 0.6 is 0 Å². The molecule has 3 heteroatoms. The lowest BCUT2D eigenvalue weighted by molar-refractivity contribution is 0.613. The van der Waals surface area contributed by atoms with Crippen molar-refractivity contribution in [2.24, 2.45) is 0 Å². The molecule has 13 heavy (non-hydrogen) atoms. The summed E-state index contributed by atoms with van der Waals surface area (Å²) in [6.07, 6.45) is 2.19. The molecule has 1 aromatic rings. The molecule has 0 aliphatic carbocycles. The number of rotatable bonds is 1. The van der Waals surface area contributed by atoms with Crippen LogP contribution in [0.2, 0.25) is 0 Å². The Kier molecular flexibility index (Phi) is 2.19. The molecule has 0 amide bonds. The van der Waals surface area contributed by atoms with E-state index >= 15 is 0 Å². The molecule has 0 spiro atoms. The zero-order valence-corrected chi connectivity index (χ0v) is 7.39. The van der Waals surface area contributed by atoms with Gasteiger partial charge in [-0.05, 0) is 31.0 Å². The minimum Gasteiger partial charge on any atom is -0.396 e. The second-order valence-corrected chi connectivity index (χ2v) is 3.39. The van der Waals surface area contributed by atoms with Crippen molar-refractivity contribution in [3.8, 4) is 0 Å². The molecule has 1 aromatic carbocycles. The molecule has 0 unspecified atom stereocenters. The lowest BCUT2D eigenvalue weighted by Crippen LogP contribution is -2.15. The Morgan fingerprint density at radius 2 is 2.31 bits per heavy atom. The van der Waals surface area contributed by atoms with Crippen molar-refractivity contribution in [2.75, 3.05) is 12.3 Å². The predicted octanol–water partition coefficient (Wildman–Crippen LogP) is 1.83. The highest BCUT2D eigenvalue weighted by molar-refractivity contribution is 5.49. The Labute approximate surface area is 76.9 Å². The van der Waals surface area contributed by atoms with E-state index in [1.165, 1.54) is 6.07 Å². The molecule has 1 aliphatic rings. The van der Waals surface area contributed by atoms with Crippen molar-refractivity contribution in [1.29, 1.82) is 0 Å². The lowest BCUT2D eigenvalue weighted by Gasteiger charge is -2.13. The van der Waals surface area contributed by atoms with Gasteiger partial charge in [0.2, 0.25) is 0 Å². The standard InChI is InChI=1S/C10H13FN2/c11-8-4-1-3-7(10(8)12)9-5-2-6-13-9/h1,3-4,9,13H,2,5-6,12H2/t9-/m1/s1. The molecule has 1 aliphatic heterocycles. The zero-order chi connectivity index (χ0) is 9.26. The van der Waals surface area contributed by atoms with Gasteiger partial charge in [-0.3, -0.25) is 0 Å². The van der Waals surface area contributed by atoms with Crippen molar-refractivity contribution in [1.82, 2.24) is 5.32 Å². The largest absolute Gasteiger partial charge is 0.396 e. The molecular formula is C10H13FN2. The maximum Gasteiger partial charge on any atom is 0.146 e. The summed E-state index contributed by atoms with van der Waals surface area (Å²) in [7, 11) is 0. The summed E-state index contributed by atoms with van der Waals surface area (Å²) in [6.45, 7) is 1.00. The molecule has 1 heterocycles. The van der Waals surface area contributed by atoms with E-state index in [1.807, 2.05) is 6.07 Å². The first-order valence-electron chi connectivity index (χ1n) is 4.56. The first-order chi connectivity index (χ1) is 6.29. The van der Waals surface area contributed by atoms with Crippen molar-refractivity contribution < 1.29 is 4.39 Å². The average molecular weight is 180 g/mol. The van der Waals surface area contributed by atoms with E-state index in [2.05, 4.69) is 5.32 Å². The first-order valence-corrected chi connectivity index (χ1v) is 4.56. The molecule has 1 saturated heterocycles. The third kappa shape index (κ3) is 1.52. The molecule has 0 bridgehead atoms. The normalized spacial score (nSPS) is 22.1. The maximum atomic E-state index is 13.1. The van der Waals surface area contributed by atoms with Gasteiger partial charge in [-0.2, -0.15) is 0 Å². The highest BCUT2D eigenvalue weighted by Crippen LogP contribution is 2.28. The van der Waals surface area contributed by atoms with Crippen LogP contribution in [0.1, 0.15) is 24.4 Å². The molecule has 1 atom stereocenters. The summed E-state index contributed by atoms with van der Waals surface area (Å²) >= 11 is 0. The summed E-state index contributed by atoms with van der Waals surface area (Å²) in [5, 5.41) is 3.29. The minimum atomic E-state index is -0.314. The number of nitrogen functional groups attached to an aromatic ring is 1. The molecule has 1 fully saturated rings. The number of hydrogen-bond donors (Lipinski definition) is 2. The van der Waals surface area contributed by atoms with E-state index in [9.17, 15) is 4.39 Å². The quantitative estimate of drug-likeness (QED) is 0.647. The van der Waals surface area contributed by atoms with Gasteiger partial charge in [0.25, 0.3) is 0 Å². The van der Waals surface area contributed by atoms with Crippen LogP contribution < -0.4 is 11.1 Å². The number of halogens is 1. The third-order valence-corrected chi connectivity index (χ3v) is 2.52. The van der Waals surface area contributed by atoms with E-state index in [4.69, 9.17) is 5.73 Å². The Morgan fingerprint density at radius 1 is 1.46 bits per heavy atom. The van der Waals surface area contributed by atoms with Gasteiger partial charge in [-0.1, -0.05) is 12.1 Å². The van der Waals surface area contributed by atoms with Gasteiger partial charge in [-0.15, -0.1) is 0 Å². The van der Waals surface area contributed by atoms with Gasteiger partial charge in [-0.25, -0.2) is 4.39 Å². The Hall–Kier alpha value is -1.09. The highest BCUT2D eigenvalue weighted by atomic mass is 19.1. The van der Waals surface area contributed by atoms with E-state index in [-0.39, 0.29) is 11.9 Å². The second-order valence-electron chi connectivity index (χ2n) is 3.39. The first kappa shape index (κ1) is 8.51. The fourth-order valence-electron chi connectivity index (χ4n) is 1.81. The van der Waals surface area contributed by atoms with Crippen molar-refractivity contribution in [3.05, 3.63) is 29.6 Å². The molecule has 0 aromatic heterocycles. The minimum absolute atomic E-state index is 0.246. The smallest absolute Gasteiger partial charge is 0.146 e. The third-order valence-electron chi connectivity index (χ3n) is 2.52. The summed E-state index contributed by atoms with van der Waals surface area (Å²) < 4.78 is 13.1. The van der Waals surface area contributed by atoms with Crippen LogP contribution in [-0.4, -0.2) is 6.54 Å². The Morgan fingerprint density at radius 3 is 3.00 bits per heavy atom. The van der Waals surface area contributed by atoms with Crippen LogP contribution in [0.5, 0.6) is 0 Å². The molecular weight excluding hydrogens is 167 g/mol. The van der Waals surface area contributed by atoms with Crippen LogP contribution in [0.3, 0.4) is 0 Å². The Balaban J connectivity index is 2.33. The topological polar surface area (TPSA) is 38.0 Å². The number of para-hydroxylation sites is 1. The molecule has 3 N–H and O–H groups in total. The van der Waals surface area contributed by atoms with Crippen LogP contribution in [0.4, 0.5) is 10.1 Å². The van der Waals surface area contributed by atoms with Gasteiger partial charge >= 0.3 is 0 Å². The predicted molar refractivity (Wildman–Crippen MR) is 50.8 cm³/mol. The fraction of sp³-hybridized carbons (Fsp3) is 0.400. The summed E-state index contributed by atoms with van der Waals surface area (Å²) in [5.41, 5.74) is 6.84. The van der Waals surface area contributed by atoms with E-state index < -0.39 is 0 Å². The Bertz CT molecular complexity index is 306. The van der Waals surface area contributed by atoms with Crippen LogP contribution in [0.25, 0.3) is 0 Å². The molecule has 2 rings (SSSR count). The molecule has 0 saturated carbocycles. The number of nitrogens with one attached hydrogen (secondary N) is 1. The van der Waals surface area contributed by atoms with Gasteiger partial charge in [0, 0.05) is 6.04 Å². The summed E-state index contributed by atoms with van der Waals surface area (Å²) in [5.74, 6) is -0.314. The number of nitrogens with two attached hydrogens (primary N) is 1. The van der Waals surface area contributed by atoms with E-state index in [0.29, 0.717) is 5.69 Å². The van der Waals surface area contributed by atoms with Crippen LogP contribution in [0, 0.1) is 5.82 Å². The number of anilines is 1.